The van der Waals surface area contributed by atoms with Crippen molar-refractivity contribution in [2.45, 2.75) is 16.3 Å². The van der Waals surface area contributed by atoms with E-state index in [2.05, 4.69) is 33.4 Å². The van der Waals surface area contributed by atoms with Crippen LogP contribution in [0.1, 0.15) is 5.56 Å². The summed E-state index contributed by atoms with van der Waals surface area (Å²) in [5.41, 5.74) is 1.23. The second kappa shape index (κ2) is 6.36. The summed E-state index contributed by atoms with van der Waals surface area (Å²) in [6.45, 7) is 0.816. The molecule has 0 aliphatic rings. The average Bonchev–Trinajstić information content (AvgIpc) is 2.36. The molecule has 0 spiro atoms. The molecule has 4 heteroatoms. The van der Waals surface area contributed by atoms with Crippen molar-refractivity contribution >= 4 is 27.7 Å². The van der Waals surface area contributed by atoms with E-state index in [-0.39, 0.29) is 5.82 Å². The van der Waals surface area contributed by atoms with E-state index in [0.717, 1.165) is 15.9 Å². The van der Waals surface area contributed by atoms with Gasteiger partial charge in [-0.25, -0.2) is 4.39 Å². The van der Waals surface area contributed by atoms with Gasteiger partial charge in [0.05, 0.1) is 0 Å². The maximum absolute atomic E-state index is 12.9. The Labute approximate surface area is 119 Å². The molecule has 2 rings (SSSR count). The lowest BCUT2D eigenvalue weighted by atomic mass is 10.2. The number of hydrogen-bond donors (Lipinski definition) is 1. The minimum Gasteiger partial charge on any atom is -0.316 e. The number of nitrogens with one attached hydrogen (secondary N) is 1. The molecule has 18 heavy (non-hydrogen) atoms. The van der Waals surface area contributed by atoms with Gasteiger partial charge in [-0.1, -0.05) is 33.8 Å². The Morgan fingerprint density at radius 2 is 1.89 bits per heavy atom. The molecule has 2 aromatic rings. The monoisotopic (exact) mass is 325 g/mol. The van der Waals surface area contributed by atoms with Gasteiger partial charge in [-0.2, -0.15) is 0 Å². The Balaban J connectivity index is 2.26. The SMILES string of the molecule is CNCc1ccc(Br)cc1Sc1ccc(F)cc1. The van der Waals surface area contributed by atoms with E-state index in [1.807, 2.05) is 13.1 Å². The molecule has 0 saturated heterocycles. The van der Waals surface area contributed by atoms with Gasteiger partial charge < -0.3 is 5.32 Å². The van der Waals surface area contributed by atoms with E-state index in [1.54, 1.807) is 23.9 Å². The predicted molar refractivity (Wildman–Crippen MR) is 77.4 cm³/mol. The molecule has 94 valence electrons. The summed E-state index contributed by atoms with van der Waals surface area (Å²) in [6, 6.07) is 12.8. The summed E-state index contributed by atoms with van der Waals surface area (Å²) in [4.78, 5) is 2.21. The first-order valence-corrected chi connectivity index (χ1v) is 7.16. The Bertz CT molecular complexity index is 528. The third-order valence-corrected chi connectivity index (χ3v) is 4.04. The predicted octanol–water partition coefficient (Wildman–Crippen LogP) is 4.46. The normalized spacial score (nSPS) is 10.6. The Hall–Kier alpha value is -0.840. The maximum atomic E-state index is 12.9. The molecular formula is C14H13BrFNS. The topological polar surface area (TPSA) is 12.0 Å². The summed E-state index contributed by atoms with van der Waals surface area (Å²) >= 11 is 5.12. The fourth-order valence-corrected chi connectivity index (χ4v) is 3.09. The lowest BCUT2D eigenvalue weighted by Gasteiger charge is -2.09. The van der Waals surface area contributed by atoms with Crippen molar-refractivity contribution in [3.05, 3.63) is 58.3 Å². The van der Waals surface area contributed by atoms with E-state index in [1.165, 1.54) is 22.6 Å². The van der Waals surface area contributed by atoms with Crippen molar-refractivity contribution in [3.8, 4) is 0 Å². The highest BCUT2D eigenvalue weighted by Crippen LogP contribution is 2.32. The van der Waals surface area contributed by atoms with Gasteiger partial charge in [-0.05, 0) is 49.0 Å². The van der Waals surface area contributed by atoms with Gasteiger partial charge in [-0.15, -0.1) is 0 Å². The fourth-order valence-electron chi connectivity index (χ4n) is 1.59. The molecule has 0 aliphatic heterocycles. The van der Waals surface area contributed by atoms with E-state index in [9.17, 15) is 4.39 Å². The van der Waals surface area contributed by atoms with E-state index < -0.39 is 0 Å². The number of rotatable bonds is 4. The van der Waals surface area contributed by atoms with Crippen LogP contribution in [0.15, 0.2) is 56.7 Å². The zero-order chi connectivity index (χ0) is 13.0. The molecule has 0 aromatic heterocycles. The van der Waals surface area contributed by atoms with Crippen LogP contribution in [0.5, 0.6) is 0 Å². The van der Waals surface area contributed by atoms with Crippen molar-refractivity contribution in [2.24, 2.45) is 0 Å². The zero-order valence-corrected chi connectivity index (χ0v) is 12.3. The van der Waals surface area contributed by atoms with Gasteiger partial charge in [0.1, 0.15) is 5.82 Å². The van der Waals surface area contributed by atoms with Crippen LogP contribution in [-0.2, 0) is 6.54 Å². The molecule has 0 radical (unpaired) electrons. The molecular weight excluding hydrogens is 313 g/mol. The van der Waals surface area contributed by atoms with Gasteiger partial charge >= 0.3 is 0 Å². The summed E-state index contributed by atoms with van der Waals surface area (Å²) < 4.78 is 13.9. The van der Waals surface area contributed by atoms with Gasteiger partial charge in [0, 0.05) is 20.8 Å². The van der Waals surface area contributed by atoms with Crippen molar-refractivity contribution in [2.75, 3.05) is 7.05 Å². The highest BCUT2D eigenvalue weighted by Gasteiger charge is 2.05. The fraction of sp³-hybridized carbons (Fsp3) is 0.143. The minimum atomic E-state index is -0.205. The van der Waals surface area contributed by atoms with Crippen LogP contribution in [0.4, 0.5) is 4.39 Å². The smallest absolute Gasteiger partial charge is 0.123 e. The highest BCUT2D eigenvalue weighted by molar-refractivity contribution is 9.10. The third-order valence-electron chi connectivity index (χ3n) is 2.44. The van der Waals surface area contributed by atoms with Crippen molar-refractivity contribution in [1.29, 1.82) is 0 Å². The summed E-state index contributed by atoms with van der Waals surface area (Å²) in [7, 11) is 1.92. The second-order valence-corrected chi connectivity index (χ2v) is 5.87. The summed E-state index contributed by atoms with van der Waals surface area (Å²) in [5.74, 6) is -0.205. The van der Waals surface area contributed by atoms with Crippen LogP contribution < -0.4 is 5.32 Å². The zero-order valence-electron chi connectivity index (χ0n) is 9.91. The van der Waals surface area contributed by atoms with Gasteiger partial charge in [0.2, 0.25) is 0 Å². The summed E-state index contributed by atoms with van der Waals surface area (Å²) in [5, 5.41) is 3.15. The average molecular weight is 326 g/mol. The molecule has 0 heterocycles. The minimum absolute atomic E-state index is 0.205. The van der Waals surface area contributed by atoms with Gasteiger partial charge in [0.15, 0.2) is 0 Å². The van der Waals surface area contributed by atoms with E-state index in [4.69, 9.17) is 0 Å². The third kappa shape index (κ3) is 3.57. The van der Waals surface area contributed by atoms with E-state index in [0.29, 0.717) is 0 Å². The molecule has 1 nitrogen and oxygen atoms in total. The molecule has 0 fully saturated rings. The Morgan fingerprint density at radius 3 is 2.56 bits per heavy atom. The molecule has 0 bridgehead atoms. The maximum Gasteiger partial charge on any atom is 0.123 e. The van der Waals surface area contributed by atoms with Crippen LogP contribution in [0.3, 0.4) is 0 Å². The standard InChI is InChI=1S/C14H13BrFNS/c1-17-9-10-2-3-11(15)8-14(10)18-13-6-4-12(16)5-7-13/h2-8,17H,9H2,1H3. The first kappa shape index (κ1) is 13.6. The number of halogens is 2. The van der Waals surface area contributed by atoms with E-state index >= 15 is 0 Å². The Morgan fingerprint density at radius 1 is 1.17 bits per heavy atom. The van der Waals surface area contributed by atoms with Crippen LogP contribution in [-0.4, -0.2) is 7.05 Å². The molecule has 1 N–H and O–H groups in total. The quantitative estimate of drug-likeness (QED) is 0.890. The van der Waals surface area contributed by atoms with Crippen molar-refractivity contribution in [3.63, 3.8) is 0 Å². The molecule has 0 unspecified atom stereocenters. The summed E-state index contributed by atoms with van der Waals surface area (Å²) in [6.07, 6.45) is 0. The molecule has 0 aliphatic carbocycles. The Kier molecular flexibility index (Phi) is 4.80. The van der Waals surface area contributed by atoms with Gasteiger partial charge in [-0.3, -0.25) is 0 Å². The van der Waals surface area contributed by atoms with Gasteiger partial charge in [0.25, 0.3) is 0 Å². The van der Waals surface area contributed by atoms with Crippen LogP contribution in [0, 0.1) is 5.82 Å². The first-order chi connectivity index (χ1) is 8.69. The molecule has 0 amide bonds. The molecule has 2 aromatic carbocycles. The van der Waals surface area contributed by atoms with Crippen LogP contribution in [0.2, 0.25) is 0 Å². The number of benzene rings is 2. The molecule has 0 saturated carbocycles. The largest absolute Gasteiger partial charge is 0.316 e. The lowest BCUT2D eigenvalue weighted by molar-refractivity contribution is 0.626. The van der Waals surface area contributed by atoms with Crippen molar-refractivity contribution < 1.29 is 4.39 Å². The van der Waals surface area contributed by atoms with Crippen LogP contribution in [0.25, 0.3) is 0 Å². The lowest BCUT2D eigenvalue weighted by Crippen LogP contribution is -2.05. The first-order valence-electron chi connectivity index (χ1n) is 5.55. The molecule has 0 atom stereocenters. The van der Waals surface area contributed by atoms with Crippen molar-refractivity contribution in [1.82, 2.24) is 5.32 Å². The highest BCUT2D eigenvalue weighted by atomic mass is 79.9. The van der Waals surface area contributed by atoms with Crippen LogP contribution >= 0.6 is 27.7 Å². The number of hydrogen-bond acceptors (Lipinski definition) is 2. The second-order valence-electron chi connectivity index (χ2n) is 3.84.